The first-order chi connectivity index (χ1) is 5.23. The molecule has 1 N–H and O–H groups in total. The van der Waals surface area contributed by atoms with Crippen molar-refractivity contribution in [1.82, 2.24) is 15.1 Å². The highest BCUT2D eigenvalue weighted by molar-refractivity contribution is 5.10. The van der Waals surface area contributed by atoms with E-state index in [-0.39, 0.29) is 5.79 Å². The Morgan fingerprint density at radius 2 is 2.27 bits per heavy atom. The van der Waals surface area contributed by atoms with Crippen molar-refractivity contribution in [3.05, 3.63) is 24.7 Å². The van der Waals surface area contributed by atoms with Gasteiger partial charge >= 0.3 is 0 Å². The molecule has 3 heteroatoms. The highest BCUT2D eigenvalue weighted by Crippen LogP contribution is 2.24. The lowest BCUT2D eigenvalue weighted by Crippen LogP contribution is -2.60. The van der Waals surface area contributed by atoms with Gasteiger partial charge in [0.05, 0.1) is 0 Å². The summed E-state index contributed by atoms with van der Waals surface area (Å²) in [4.78, 5) is 4.42. The monoisotopic (exact) mass is 151 g/mol. The van der Waals surface area contributed by atoms with E-state index in [1.165, 1.54) is 0 Å². The Kier molecular flexibility index (Phi) is 1.23. The summed E-state index contributed by atoms with van der Waals surface area (Å²) in [7, 11) is 2.11. The Bertz CT molecular complexity index is 221. The highest BCUT2D eigenvalue weighted by Gasteiger charge is 2.36. The molecule has 1 atom stereocenters. The minimum absolute atomic E-state index is 0.0330. The van der Waals surface area contributed by atoms with Crippen molar-refractivity contribution in [3.63, 3.8) is 0 Å². The molecule has 0 spiro atoms. The zero-order valence-electron chi connectivity index (χ0n) is 6.91. The molecule has 0 aromatic carbocycles. The highest BCUT2D eigenvalue weighted by atomic mass is 15.5. The molecule has 0 fully saturated rings. The van der Waals surface area contributed by atoms with Gasteiger partial charge in [-0.25, -0.2) is 0 Å². The van der Waals surface area contributed by atoms with Crippen molar-refractivity contribution >= 4 is 0 Å². The maximum absolute atomic E-state index is 3.30. The van der Waals surface area contributed by atoms with Crippen LogP contribution in [-0.2, 0) is 0 Å². The summed E-state index contributed by atoms with van der Waals surface area (Å²) in [6.07, 6.45) is 8.29. The van der Waals surface area contributed by atoms with Gasteiger partial charge in [-0.15, -0.1) is 0 Å². The number of fused-ring (bicyclic) bond motifs is 1. The summed E-state index contributed by atoms with van der Waals surface area (Å²) in [5, 5.41) is 3.30. The number of hydrogen-bond donors (Lipinski definition) is 1. The standard InChI is InChI=1S/C8H13N3/c1-8-9-4-7-11(8)6-3-5-10(8)2/h3-4,6-7,9H,5H2,1-2H3. The normalized spacial score (nSPS) is 35.6. The molecular weight excluding hydrogens is 138 g/mol. The molecular formula is C8H13N3. The van der Waals surface area contributed by atoms with Crippen LogP contribution in [0.1, 0.15) is 6.92 Å². The second kappa shape index (κ2) is 2.01. The molecule has 2 rings (SSSR count). The van der Waals surface area contributed by atoms with Crippen LogP contribution in [-0.4, -0.2) is 29.2 Å². The number of rotatable bonds is 0. The zero-order valence-corrected chi connectivity index (χ0v) is 6.91. The van der Waals surface area contributed by atoms with Crippen molar-refractivity contribution in [1.29, 1.82) is 0 Å². The van der Waals surface area contributed by atoms with Gasteiger partial charge in [-0.3, -0.25) is 4.90 Å². The van der Waals surface area contributed by atoms with E-state index in [1.54, 1.807) is 0 Å². The summed E-state index contributed by atoms with van der Waals surface area (Å²) in [5.41, 5.74) is 0. The van der Waals surface area contributed by atoms with Gasteiger partial charge in [0.25, 0.3) is 0 Å². The predicted octanol–water partition coefficient (Wildman–Crippen LogP) is 0.496. The average Bonchev–Trinajstić information content (AvgIpc) is 2.34. The predicted molar refractivity (Wildman–Crippen MR) is 44.3 cm³/mol. The Hall–Kier alpha value is -0.960. The molecule has 0 aromatic rings. The largest absolute Gasteiger partial charge is 0.355 e. The van der Waals surface area contributed by atoms with Gasteiger partial charge in [-0.05, 0) is 14.0 Å². The molecule has 0 amide bonds. The third-order valence-corrected chi connectivity index (χ3v) is 2.48. The van der Waals surface area contributed by atoms with Crippen molar-refractivity contribution in [2.45, 2.75) is 12.7 Å². The van der Waals surface area contributed by atoms with E-state index in [0.717, 1.165) is 6.54 Å². The first-order valence-corrected chi connectivity index (χ1v) is 3.84. The lowest BCUT2D eigenvalue weighted by atomic mass is 10.2. The molecule has 3 nitrogen and oxygen atoms in total. The van der Waals surface area contributed by atoms with E-state index in [0.29, 0.717) is 0 Å². The van der Waals surface area contributed by atoms with Gasteiger partial charge in [0.2, 0.25) is 0 Å². The van der Waals surface area contributed by atoms with Crippen LogP contribution < -0.4 is 5.32 Å². The molecule has 2 heterocycles. The van der Waals surface area contributed by atoms with Gasteiger partial charge in [0.1, 0.15) is 0 Å². The smallest absolute Gasteiger partial charge is 0.169 e. The molecule has 2 aliphatic heterocycles. The van der Waals surface area contributed by atoms with E-state index in [4.69, 9.17) is 0 Å². The van der Waals surface area contributed by atoms with Crippen LogP contribution in [0.3, 0.4) is 0 Å². The molecule has 2 aliphatic rings. The fourth-order valence-corrected chi connectivity index (χ4v) is 1.49. The van der Waals surface area contributed by atoms with Crippen LogP contribution in [0.4, 0.5) is 0 Å². The average molecular weight is 151 g/mol. The summed E-state index contributed by atoms with van der Waals surface area (Å²) in [6.45, 7) is 3.16. The first-order valence-electron chi connectivity index (χ1n) is 3.84. The second-order valence-electron chi connectivity index (χ2n) is 3.15. The van der Waals surface area contributed by atoms with Gasteiger partial charge in [-0.2, -0.15) is 0 Å². The maximum Gasteiger partial charge on any atom is 0.169 e. The minimum atomic E-state index is -0.0330. The molecule has 0 saturated heterocycles. The quantitative estimate of drug-likeness (QED) is 0.543. The van der Waals surface area contributed by atoms with E-state index in [1.807, 2.05) is 12.4 Å². The van der Waals surface area contributed by atoms with E-state index in [9.17, 15) is 0 Å². The first kappa shape index (κ1) is 6.73. The molecule has 0 aromatic heterocycles. The Balaban J connectivity index is 2.32. The number of nitrogens with one attached hydrogen (secondary N) is 1. The molecule has 1 unspecified atom stereocenters. The van der Waals surface area contributed by atoms with Gasteiger partial charge in [0, 0.05) is 25.1 Å². The number of likely N-dealkylation sites (N-methyl/N-ethyl adjacent to an activating group) is 1. The summed E-state index contributed by atoms with van der Waals surface area (Å²) < 4.78 is 0. The van der Waals surface area contributed by atoms with Crippen molar-refractivity contribution in [3.8, 4) is 0 Å². The lowest BCUT2D eigenvalue weighted by molar-refractivity contribution is 0.0222. The van der Waals surface area contributed by atoms with E-state index < -0.39 is 0 Å². The molecule has 0 bridgehead atoms. The SMILES string of the molecule is CN1CC=CN2C=CNC21C. The van der Waals surface area contributed by atoms with E-state index >= 15 is 0 Å². The maximum atomic E-state index is 3.30. The minimum Gasteiger partial charge on any atom is -0.355 e. The van der Waals surface area contributed by atoms with Crippen LogP contribution >= 0.6 is 0 Å². The Morgan fingerprint density at radius 1 is 1.45 bits per heavy atom. The molecule has 60 valence electrons. The third kappa shape index (κ3) is 0.775. The molecule has 0 radical (unpaired) electrons. The van der Waals surface area contributed by atoms with Crippen LogP contribution in [0.15, 0.2) is 24.7 Å². The van der Waals surface area contributed by atoms with Gasteiger partial charge in [-0.1, -0.05) is 6.08 Å². The summed E-state index contributed by atoms with van der Waals surface area (Å²) >= 11 is 0. The van der Waals surface area contributed by atoms with Gasteiger partial charge in [0.15, 0.2) is 5.79 Å². The fourth-order valence-electron chi connectivity index (χ4n) is 1.49. The number of nitrogens with zero attached hydrogens (tertiary/aromatic N) is 2. The fraction of sp³-hybridized carbons (Fsp3) is 0.500. The van der Waals surface area contributed by atoms with Crippen molar-refractivity contribution in [2.24, 2.45) is 0 Å². The zero-order chi connectivity index (χ0) is 7.90. The molecule has 0 aliphatic carbocycles. The van der Waals surface area contributed by atoms with Gasteiger partial charge < -0.3 is 10.2 Å². The molecule has 0 saturated carbocycles. The number of hydrogen-bond acceptors (Lipinski definition) is 3. The summed E-state index contributed by atoms with van der Waals surface area (Å²) in [5.74, 6) is -0.0330. The summed E-state index contributed by atoms with van der Waals surface area (Å²) in [6, 6.07) is 0. The third-order valence-electron chi connectivity index (χ3n) is 2.48. The topological polar surface area (TPSA) is 18.5 Å². The Labute approximate surface area is 67.0 Å². The molecule has 11 heavy (non-hydrogen) atoms. The van der Waals surface area contributed by atoms with E-state index in [2.05, 4.69) is 41.4 Å². The lowest BCUT2D eigenvalue weighted by Gasteiger charge is -2.43. The van der Waals surface area contributed by atoms with Crippen molar-refractivity contribution < 1.29 is 0 Å². The van der Waals surface area contributed by atoms with Crippen LogP contribution in [0, 0.1) is 0 Å². The van der Waals surface area contributed by atoms with Crippen LogP contribution in [0.2, 0.25) is 0 Å². The van der Waals surface area contributed by atoms with Crippen LogP contribution in [0.5, 0.6) is 0 Å². The Morgan fingerprint density at radius 3 is 3.00 bits per heavy atom. The second-order valence-corrected chi connectivity index (χ2v) is 3.15. The van der Waals surface area contributed by atoms with Crippen LogP contribution in [0.25, 0.3) is 0 Å². The van der Waals surface area contributed by atoms with Crippen molar-refractivity contribution in [2.75, 3.05) is 13.6 Å².